The van der Waals surface area contributed by atoms with E-state index in [1.807, 2.05) is 30.3 Å². The van der Waals surface area contributed by atoms with Gasteiger partial charge in [-0.3, -0.25) is 20.4 Å². The number of hydrogen-bond donors (Lipinski definition) is 2. The lowest BCUT2D eigenvalue weighted by molar-refractivity contribution is 0.0844. The number of hydrazine groups is 1. The van der Waals surface area contributed by atoms with E-state index < -0.39 is 17.6 Å². The normalized spacial score (nSPS) is 10.4. The number of nitrogens with one attached hydrogen (secondary N) is 2. The minimum Gasteiger partial charge on any atom is -0.436 e. The van der Waals surface area contributed by atoms with Crippen LogP contribution < -0.4 is 10.9 Å². The summed E-state index contributed by atoms with van der Waals surface area (Å²) < 4.78 is 19.6. The number of halogens is 1. The van der Waals surface area contributed by atoms with E-state index in [1.165, 1.54) is 24.3 Å². The number of oxazole rings is 1. The van der Waals surface area contributed by atoms with Gasteiger partial charge in [0, 0.05) is 11.1 Å². The predicted molar refractivity (Wildman–Crippen MR) is 109 cm³/mol. The molecule has 0 saturated heterocycles. The summed E-state index contributed by atoms with van der Waals surface area (Å²) in [6.07, 6.45) is 1.58. The first-order chi connectivity index (χ1) is 14.6. The average molecular weight is 401 g/mol. The van der Waals surface area contributed by atoms with Crippen molar-refractivity contribution < 1.29 is 18.4 Å². The van der Waals surface area contributed by atoms with Crippen molar-refractivity contribution in [1.29, 1.82) is 0 Å². The van der Waals surface area contributed by atoms with Crippen molar-refractivity contribution in [3.05, 3.63) is 102 Å². The third-order valence-electron chi connectivity index (χ3n) is 4.37. The molecule has 4 rings (SSSR count). The molecule has 0 saturated carbocycles. The standard InChI is InChI=1S/C23H16FN3O3/c24-19-13-7-6-12-18(19)22(29)27-26-21(28)16-10-4-5-11-17(16)23-25-14-20(30-23)15-8-2-1-3-9-15/h1-14H,(H,26,28)(H,27,29). The number of benzene rings is 3. The summed E-state index contributed by atoms with van der Waals surface area (Å²) >= 11 is 0. The van der Waals surface area contributed by atoms with E-state index >= 15 is 0 Å². The molecule has 0 unspecified atom stereocenters. The van der Waals surface area contributed by atoms with Crippen molar-refractivity contribution in [1.82, 2.24) is 15.8 Å². The average Bonchev–Trinajstić information content (AvgIpc) is 3.28. The van der Waals surface area contributed by atoms with Crippen LogP contribution in [0.2, 0.25) is 0 Å². The Hall–Kier alpha value is -4.26. The monoisotopic (exact) mass is 401 g/mol. The summed E-state index contributed by atoms with van der Waals surface area (Å²) in [5, 5.41) is 0. The van der Waals surface area contributed by atoms with E-state index in [4.69, 9.17) is 4.42 Å². The zero-order chi connectivity index (χ0) is 20.9. The Morgan fingerprint density at radius 1 is 0.767 bits per heavy atom. The van der Waals surface area contributed by atoms with Crippen LogP contribution in [-0.2, 0) is 0 Å². The Labute approximate surface area is 171 Å². The Morgan fingerprint density at radius 3 is 2.10 bits per heavy atom. The highest BCUT2D eigenvalue weighted by Gasteiger charge is 2.18. The molecule has 0 radical (unpaired) electrons. The van der Waals surface area contributed by atoms with E-state index in [1.54, 1.807) is 30.5 Å². The van der Waals surface area contributed by atoms with Crippen LogP contribution in [-0.4, -0.2) is 16.8 Å². The molecule has 3 aromatic carbocycles. The fraction of sp³-hybridized carbons (Fsp3) is 0. The minimum absolute atomic E-state index is 0.175. The van der Waals surface area contributed by atoms with Crippen molar-refractivity contribution >= 4 is 11.8 Å². The molecular formula is C23H16FN3O3. The van der Waals surface area contributed by atoms with Crippen LogP contribution in [0, 0.1) is 5.82 Å². The first-order valence-corrected chi connectivity index (χ1v) is 9.09. The second kappa shape index (κ2) is 8.40. The largest absolute Gasteiger partial charge is 0.436 e. The molecular weight excluding hydrogens is 385 g/mol. The van der Waals surface area contributed by atoms with Gasteiger partial charge >= 0.3 is 0 Å². The Morgan fingerprint density at radius 2 is 1.37 bits per heavy atom. The van der Waals surface area contributed by atoms with Crippen molar-refractivity contribution in [3.63, 3.8) is 0 Å². The SMILES string of the molecule is O=C(NNC(=O)c1ccccc1-c1ncc(-c2ccccc2)o1)c1ccccc1F. The highest BCUT2D eigenvalue weighted by atomic mass is 19.1. The molecule has 0 atom stereocenters. The number of nitrogens with zero attached hydrogens (tertiary/aromatic N) is 1. The van der Waals surface area contributed by atoms with Crippen LogP contribution in [0.15, 0.2) is 89.5 Å². The number of carbonyl (C=O) groups excluding carboxylic acids is 2. The van der Waals surface area contributed by atoms with E-state index in [-0.39, 0.29) is 17.0 Å². The van der Waals surface area contributed by atoms with Gasteiger partial charge < -0.3 is 4.42 Å². The molecule has 4 aromatic rings. The van der Waals surface area contributed by atoms with Crippen LogP contribution in [0.4, 0.5) is 4.39 Å². The number of carbonyl (C=O) groups is 2. The van der Waals surface area contributed by atoms with E-state index in [9.17, 15) is 14.0 Å². The lowest BCUT2D eigenvalue weighted by Crippen LogP contribution is -2.42. The number of rotatable bonds is 4. The summed E-state index contributed by atoms with van der Waals surface area (Å²) in [5.41, 5.74) is 5.90. The highest BCUT2D eigenvalue weighted by Crippen LogP contribution is 2.28. The van der Waals surface area contributed by atoms with E-state index in [2.05, 4.69) is 15.8 Å². The van der Waals surface area contributed by atoms with Crippen molar-refractivity contribution in [2.45, 2.75) is 0 Å². The van der Waals surface area contributed by atoms with Crippen molar-refractivity contribution in [3.8, 4) is 22.8 Å². The smallest absolute Gasteiger partial charge is 0.272 e. The molecule has 30 heavy (non-hydrogen) atoms. The fourth-order valence-corrected chi connectivity index (χ4v) is 2.90. The number of amides is 2. The summed E-state index contributed by atoms with van der Waals surface area (Å²) in [6.45, 7) is 0. The molecule has 0 aliphatic rings. The third kappa shape index (κ3) is 3.95. The molecule has 0 aliphatic carbocycles. The van der Waals surface area contributed by atoms with Crippen molar-refractivity contribution in [2.24, 2.45) is 0 Å². The maximum Gasteiger partial charge on any atom is 0.272 e. The molecule has 1 aromatic heterocycles. The van der Waals surface area contributed by atoms with Crippen LogP contribution in [0.3, 0.4) is 0 Å². The van der Waals surface area contributed by atoms with Gasteiger partial charge in [0.25, 0.3) is 11.8 Å². The van der Waals surface area contributed by atoms with Gasteiger partial charge in [0.2, 0.25) is 5.89 Å². The number of aromatic nitrogens is 1. The van der Waals surface area contributed by atoms with E-state index in [0.717, 1.165) is 5.56 Å². The fourth-order valence-electron chi connectivity index (χ4n) is 2.90. The topological polar surface area (TPSA) is 84.2 Å². The molecule has 0 spiro atoms. The zero-order valence-corrected chi connectivity index (χ0v) is 15.6. The zero-order valence-electron chi connectivity index (χ0n) is 15.6. The molecule has 1 heterocycles. The second-order valence-electron chi connectivity index (χ2n) is 6.33. The van der Waals surface area contributed by atoms with Crippen molar-refractivity contribution in [2.75, 3.05) is 0 Å². The molecule has 0 aliphatic heterocycles. The first-order valence-electron chi connectivity index (χ1n) is 9.09. The summed E-state index contributed by atoms with van der Waals surface area (Å²) in [4.78, 5) is 29.0. The molecule has 6 nitrogen and oxygen atoms in total. The molecule has 7 heteroatoms. The Balaban J connectivity index is 1.54. The van der Waals surface area contributed by atoms with Gasteiger partial charge in [0.1, 0.15) is 5.82 Å². The molecule has 148 valence electrons. The van der Waals surface area contributed by atoms with Gasteiger partial charge in [-0.25, -0.2) is 9.37 Å². The summed E-state index contributed by atoms with van der Waals surface area (Å²) in [6, 6.07) is 21.6. The lowest BCUT2D eigenvalue weighted by atomic mass is 10.1. The molecule has 2 N–H and O–H groups in total. The van der Waals surface area contributed by atoms with Gasteiger partial charge in [0.15, 0.2) is 5.76 Å². The first kappa shape index (κ1) is 19.1. The molecule has 0 fully saturated rings. The van der Waals surface area contributed by atoms with Gasteiger partial charge in [-0.05, 0) is 24.3 Å². The van der Waals surface area contributed by atoms with Crippen LogP contribution >= 0.6 is 0 Å². The third-order valence-corrected chi connectivity index (χ3v) is 4.37. The van der Waals surface area contributed by atoms with Gasteiger partial charge in [0.05, 0.1) is 17.3 Å². The Kier molecular flexibility index (Phi) is 5.34. The van der Waals surface area contributed by atoms with Gasteiger partial charge in [-0.2, -0.15) is 0 Å². The maximum absolute atomic E-state index is 13.7. The molecule has 2 amide bonds. The van der Waals surface area contributed by atoms with Crippen LogP contribution in [0.25, 0.3) is 22.8 Å². The minimum atomic E-state index is -0.763. The quantitative estimate of drug-likeness (QED) is 0.502. The predicted octanol–water partition coefficient (Wildman–Crippen LogP) is 4.22. The van der Waals surface area contributed by atoms with Gasteiger partial charge in [-0.15, -0.1) is 0 Å². The lowest BCUT2D eigenvalue weighted by Gasteiger charge is -2.10. The Bertz CT molecular complexity index is 1210. The molecule has 0 bridgehead atoms. The maximum atomic E-state index is 13.7. The highest BCUT2D eigenvalue weighted by molar-refractivity contribution is 6.02. The number of hydrogen-bond acceptors (Lipinski definition) is 4. The van der Waals surface area contributed by atoms with Crippen LogP contribution in [0.1, 0.15) is 20.7 Å². The summed E-state index contributed by atoms with van der Waals surface area (Å²) in [5.74, 6) is -1.21. The summed E-state index contributed by atoms with van der Waals surface area (Å²) in [7, 11) is 0. The van der Waals surface area contributed by atoms with Gasteiger partial charge in [-0.1, -0.05) is 54.6 Å². The second-order valence-corrected chi connectivity index (χ2v) is 6.33. The van der Waals surface area contributed by atoms with E-state index in [0.29, 0.717) is 11.3 Å². The van der Waals surface area contributed by atoms with Crippen LogP contribution in [0.5, 0.6) is 0 Å².